The van der Waals surface area contributed by atoms with Gasteiger partial charge in [-0.05, 0) is 57.1 Å². The van der Waals surface area contributed by atoms with E-state index >= 15 is 0 Å². The van der Waals surface area contributed by atoms with Crippen LogP contribution in [-0.2, 0) is 11.3 Å². The van der Waals surface area contributed by atoms with Crippen molar-refractivity contribution >= 4 is 6.09 Å². The quantitative estimate of drug-likeness (QED) is 0.746. The molecule has 0 heterocycles. The van der Waals surface area contributed by atoms with Crippen molar-refractivity contribution in [1.29, 1.82) is 0 Å². The highest BCUT2D eigenvalue weighted by Gasteiger charge is 2.30. The van der Waals surface area contributed by atoms with Gasteiger partial charge in [-0.1, -0.05) is 42.0 Å². The molecule has 4 nitrogen and oxygen atoms in total. The fraction of sp³-hybridized carbons (Fsp3) is 0.550. The lowest BCUT2D eigenvalue weighted by Crippen LogP contribution is -2.52. The van der Waals surface area contributed by atoms with E-state index in [0.29, 0.717) is 12.6 Å². The Morgan fingerprint density at radius 3 is 2.71 bits per heavy atom. The van der Waals surface area contributed by atoms with Crippen LogP contribution in [0.4, 0.5) is 4.79 Å². The summed E-state index contributed by atoms with van der Waals surface area (Å²) in [5.41, 5.74) is 2.63. The maximum absolute atomic E-state index is 11.8. The van der Waals surface area contributed by atoms with Gasteiger partial charge in [0, 0.05) is 12.1 Å². The summed E-state index contributed by atoms with van der Waals surface area (Å²) in [4.78, 5) is 11.8. The fourth-order valence-electron chi connectivity index (χ4n) is 3.40. The summed E-state index contributed by atoms with van der Waals surface area (Å²) in [6.45, 7) is 1.39. The monoisotopic (exact) mass is 328 g/mol. The third kappa shape index (κ3) is 5.38. The minimum absolute atomic E-state index is 0.250. The largest absolute Gasteiger partial charge is 0.445 e. The van der Waals surface area contributed by atoms with E-state index in [0.717, 1.165) is 24.9 Å². The van der Waals surface area contributed by atoms with E-state index in [-0.39, 0.29) is 12.1 Å². The van der Waals surface area contributed by atoms with Crippen molar-refractivity contribution in [3.05, 3.63) is 47.5 Å². The summed E-state index contributed by atoms with van der Waals surface area (Å²) in [7, 11) is 0. The lowest BCUT2D eigenvalue weighted by Gasteiger charge is -2.36. The predicted molar refractivity (Wildman–Crippen MR) is 95.7 cm³/mol. The van der Waals surface area contributed by atoms with Gasteiger partial charge in [-0.15, -0.1) is 0 Å². The molecule has 130 valence electrons. The van der Waals surface area contributed by atoms with Crippen molar-refractivity contribution in [1.82, 2.24) is 10.6 Å². The minimum atomic E-state index is -0.310. The molecule has 1 amide bonds. The van der Waals surface area contributed by atoms with Crippen LogP contribution >= 0.6 is 0 Å². The lowest BCUT2D eigenvalue weighted by atomic mass is 9.86. The summed E-state index contributed by atoms with van der Waals surface area (Å²) < 4.78 is 5.25. The first kappa shape index (κ1) is 17.0. The Morgan fingerprint density at radius 2 is 1.96 bits per heavy atom. The Balaban J connectivity index is 1.24. The molecule has 1 aromatic carbocycles. The second-order valence-corrected chi connectivity index (χ2v) is 6.88. The van der Waals surface area contributed by atoms with Crippen molar-refractivity contribution in [2.24, 2.45) is 0 Å². The smallest absolute Gasteiger partial charge is 0.407 e. The first-order valence-electron chi connectivity index (χ1n) is 9.18. The van der Waals surface area contributed by atoms with Crippen molar-refractivity contribution in [3.8, 4) is 0 Å². The predicted octanol–water partition coefficient (Wildman–Crippen LogP) is 3.92. The highest BCUT2D eigenvalue weighted by atomic mass is 16.5. The van der Waals surface area contributed by atoms with Crippen molar-refractivity contribution in [3.63, 3.8) is 0 Å². The molecule has 4 heteroatoms. The number of carbonyl (C=O) groups excluding carboxylic acids is 1. The number of hydrogen-bond donors (Lipinski definition) is 2. The van der Waals surface area contributed by atoms with Crippen LogP contribution in [0.5, 0.6) is 0 Å². The van der Waals surface area contributed by atoms with E-state index < -0.39 is 0 Å². The van der Waals surface area contributed by atoms with Crippen molar-refractivity contribution in [2.75, 3.05) is 6.54 Å². The average molecular weight is 328 g/mol. The second-order valence-electron chi connectivity index (χ2n) is 6.88. The highest BCUT2D eigenvalue weighted by Crippen LogP contribution is 2.22. The molecule has 2 aliphatic carbocycles. The lowest BCUT2D eigenvalue weighted by molar-refractivity contribution is 0.125. The Labute approximate surface area is 144 Å². The molecule has 2 aliphatic rings. The molecular formula is C20H28N2O2. The maximum Gasteiger partial charge on any atom is 0.407 e. The van der Waals surface area contributed by atoms with Crippen LogP contribution in [0.1, 0.15) is 50.5 Å². The second kappa shape index (κ2) is 8.88. The number of alkyl carbamates (subject to hydrolysis) is 1. The SMILES string of the molecule is O=C(NC1CC(NCCC2=CCCCC2)C1)OCc1ccccc1. The van der Waals surface area contributed by atoms with Gasteiger partial charge in [-0.2, -0.15) is 0 Å². The third-order valence-electron chi connectivity index (χ3n) is 4.94. The maximum atomic E-state index is 11.8. The fourth-order valence-corrected chi connectivity index (χ4v) is 3.40. The molecule has 0 aromatic heterocycles. The van der Waals surface area contributed by atoms with Crippen LogP contribution in [-0.4, -0.2) is 24.7 Å². The van der Waals surface area contributed by atoms with Gasteiger partial charge in [0.15, 0.2) is 0 Å². The number of carbonyl (C=O) groups is 1. The van der Waals surface area contributed by atoms with E-state index in [1.54, 1.807) is 5.57 Å². The Bertz CT molecular complexity index is 550. The van der Waals surface area contributed by atoms with E-state index in [1.165, 1.54) is 32.1 Å². The zero-order chi connectivity index (χ0) is 16.6. The Hall–Kier alpha value is -1.81. The van der Waals surface area contributed by atoms with Gasteiger partial charge in [0.25, 0.3) is 0 Å². The molecular weight excluding hydrogens is 300 g/mol. The first-order valence-corrected chi connectivity index (χ1v) is 9.18. The molecule has 0 bridgehead atoms. The number of hydrogen-bond acceptors (Lipinski definition) is 3. The zero-order valence-corrected chi connectivity index (χ0v) is 14.3. The molecule has 0 unspecified atom stereocenters. The van der Waals surface area contributed by atoms with Gasteiger partial charge >= 0.3 is 6.09 Å². The number of ether oxygens (including phenoxy) is 1. The summed E-state index contributed by atoms with van der Waals surface area (Å²) in [6, 6.07) is 10.5. The summed E-state index contributed by atoms with van der Waals surface area (Å²) in [5.74, 6) is 0. The van der Waals surface area contributed by atoms with Gasteiger partial charge in [-0.25, -0.2) is 4.79 Å². The van der Waals surface area contributed by atoms with Crippen LogP contribution in [0.15, 0.2) is 42.0 Å². The van der Waals surface area contributed by atoms with E-state index in [1.807, 2.05) is 30.3 Å². The summed E-state index contributed by atoms with van der Waals surface area (Å²) in [5, 5.41) is 6.54. The first-order chi connectivity index (χ1) is 11.8. The number of nitrogens with one attached hydrogen (secondary N) is 2. The van der Waals surface area contributed by atoms with Gasteiger partial charge in [0.05, 0.1) is 0 Å². The van der Waals surface area contributed by atoms with Crippen LogP contribution in [0.3, 0.4) is 0 Å². The molecule has 3 rings (SSSR count). The standard InChI is InChI=1S/C20H28N2O2/c23-20(24-15-17-9-5-2-6-10-17)22-19-13-18(14-19)21-12-11-16-7-3-1-4-8-16/h2,5-7,9-10,18-19,21H,1,3-4,8,11-15H2,(H,22,23). The molecule has 1 saturated carbocycles. The van der Waals surface area contributed by atoms with Gasteiger partial charge in [0.2, 0.25) is 0 Å². The molecule has 1 aromatic rings. The van der Waals surface area contributed by atoms with Crippen LogP contribution in [0, 0.1) is 0 Å². The molecule has 0 radical (unpaired) electrons. The van der Waals surface area contributed by atoms with E-state index in [4.69, 9.17) is 4.74 Å². The molecule has 1 fully saturated rings. The molecule has 0 saturated heterocycles. The Kier molecular flexibility index (Phi) is 6.30. The highest BCUT2D eigenvalue weighted by molar-refractivity contribution is 5.67. The number of allylic oxidation sites excluding steroid dienone is 1. The third-order valence-corrected chi connectivity index (χ3v) is 4.94. The summed E-state index contributed by atoms with van der Waals surface area (Å²) in [6.07, 6.45) is 10.5. The summed E-state index contributed by atoms with van der Waals surface area (Å²) >= 11 is 0. The van der Waals surface area contributed by atoms with E-state index in [2.05, 4.69) is 16.7 Å². The number of benzene rings is 1. The van der Waals surface area contributed by atoms with Crippen molar-refractivity contribution < 1.29 is 9.53 Å². The molecule has 0 atom stereocenters. The van der Waals surface area contributed by atoms with Gasteiger partial charge < -0.3 is 15.4 Å². The number of rotatable bonds is 7. The average Bonchev–Trinajstić information content (AvgIpc) is 2.59. The van der Waals surface area contributed by atoms with Gasteiger partial charge in [-0.3, -0.25) is 0 Å². The van der Waals surface area contributed by atoms with Crippen LogP contribution in [0.25, 0.3) is 0 Å². The van der Waals surface area contributed by atoms with Crippen LogP contribution < -0.4 is 10.6 Å². The normalized spacial score (nSPS) is 23.1. The molecule has 2 N–H and O–H groups in total. The molecule has 0 aliphatic heterocycles. The molecule has 0 spiro atoms. The van der Waals surface area contributed by atoms with Crippen LogP contribution in [0.2, 0.25) is 0 Å². The van der Waals surface area contributed by atoms with E-state index in [9.17, 15) is 4.79 Å². The molecule has 24 heavy (non-hydrogen) atoms. The Morgan fingerprint density at radius 1 is 1.12 bits per heavy atom. The van der Waals surface area contributed by atoms with Crippen molar-refractivity contribution in [2.45, 2.75) is 63.6 Å². The van der Waals surface area contributed by atoms with Gasteiger partial charge in [0.1, 0.15) is 6.61 Å². The number of amides is 1. The zero-order valence-electron chi connectivity index (χ0n) is 14.3. The minimum Gasteiger partial charge on any atom is -0.445 e. The topological polar surface area (TPSA) is 50.4 Å².